The smallest absolute Gasteiger partial charge is 0.265 e. The van der Waals surface area contributed by atoms with Crippen molar-refractivity contribution in [3.8, 4) is 5.75 Å². The largest absolute Gasteiger partial charge is 0.488 e. The Balaban J connectivity index is 3.31. The molecule has 0 N–H and O–H groups in total. The predicted molar refractivity (Wildman–Crippen MR) is 69.3 cm³/mol. The molecule has 1 aromatic rings. The minimum atomic E-state index is -3.81. The lowest BCUT2D eigenvalue weighted by molar-refractivity contribution is 0.341. The standard InChI is InChI=1S/C12H15ClO3S/c1-8(2)7-16-12-10(4)5-9(3)6-11(12)17(13,14)15/h5-6H,1,7H2,2-4H3. The molecule has 0 heterocycles. The first-order chi connectivity index (χ1) is 7.71. The van der Waals surface area contributed by atoms with E-state index in [1.165, 1.54) is 6.07 Å². The van der Waals surface area contributed by atoms with Crippen molar-refractivity contribution >= 4 is 19.7 Å². The van der Waals surface area contributed by atoms with Crippen molar-refractivity contribution in [2.75, 3.05) is 6.61 Å². The van der Waals surface area contributed by atoms with Gasteiger partial charge in [0.15, 0.2) is 0 Å². The number of halogens is 1. The van der Waals surface area contributed by atoms with Gasteiger partial charge in [0.2, 0.25) is 0 Å². The van der Waals surface area contributed by atoms with Gasteiger partial charge in [0, 0.05) is 10.7 Å². The number of hydrogen-bond acceptors (Lipinski definition) is 3. The fourth-order valence-electron chi connectivity index (χ4n) is 1.48. The molecule has 1 rings (SSSR count). The molecule has 0 radical (unpaired) electrons. The van der Waals surface area contributed by atoms with Crippen LogP contribution in [0.4, 0.5) is 0 Å². The second-order valence-corrected chi connectivity index (χ2v) is 6.63. The van der Waals surface area contributed by atoms with Crippen LogP contribution in [0, 0.1) is 13.8 Å². The van der Waals surface area contributed by atoms with Crippen LogP contribution in [0.5, 0.6) is 5.75 Å². The molecule has 0 aliphatic heterocycles. The van der Waals surface area contributed by atoms with Crippen molar-refractivity contribution in [1.82, 2.24) is 0 Å². The molecule has 94 valence electrons. The molecular formula is C12H15ClO3S. The summed E-state index contributed by atoms with van der Waals surface area (Å²) in [6.45, 7) is 9.36. The average molecular weight is 275 g/mol. The van der Waals surface area contributed by atoms with Gasteiger partial charge in [0.1, 0.15) is 17.3 Å². The molecule has 1 aromatic carbocycles. The molecule has 0 atom stereocenters. The molecular weight excluding hydrogens is 260 g/mol. The second kappa shape index (κ2) is 5.10. The van der Waals surface area contributed by atoms with Gasteiger partial charge in [-0.15, -0.1) is 0 Å². The third-order valence-electron chi connectivity index (χ3n) is 2.11. The van der Waals surface area contributed by atoms with Gasteiger partial charge in [-0.3, -0.25) is 0 Å². The highest BCUT2D eigenvalue weighted by atomic mass is 35.7. The molecule has 0 amide bonds. The second-order valence-electron chi connectivity index (χ2n) is 4.09. The summed E-state index contributed by atoms with van der Waals surface area (Å²) < 4.78 is 28.4. The summed E-state index contributed by atoms with van der Waals surface area (Å²) in [4.78, 5) is 0.0120. The molecule has 0 unspecified atom stereocenters. The van der Waals surface area contributed by atoms with Crippen LogP contribution in [0.3, 0.4) is 0 Å². The van der Waals surface area contributed by atoms with Gasteiger partial charge in [-0.2, -0.15) is 0 Å². The summed E-state index contributed by atoms with van der Waals surface area (Å²) in [6.07, 6.45) is 0. The molecule has 0 spiro atoms. The summed E-state index contributed by atoms with van der Waals surface area (Å²) in [6, 6.07) is 3.35. The first-order valence-corrected chi connectivity index (χ1v) is 7.36. The lowest BCUT2D eigenvalue weighted by Crippen LogP contribution is -2.04. The molecule has 0 saturated heterocycles. The molecule has 0 aliphatic rings. The Hall–Kier alpha value is -1.00. The van der Waals surface area contributed by atoms with Crippen LogP contribution in [-0.4, -0.2) is 15.0 Å². The van der Waals surface area contributed by atoms with Gasteiger partial charge in [0.25, 0.3) is 9.05 Å². The molecule has 3 nitrogen and oxygen atoms in total. The van der Waals surface area contributed by atoms with Gasteiger partial charge in [-0.25, -0.2) is 8.42 Å². The van der Waals surface area contributed by atoms with E-state index in [2.05, 4.69) is 6.58 Å². The van der Waals surface area contributed by atoms with E-state index in [1.807, 2.05) is 6.07 Å². The Bertz CT molecular complexity index is 547. The minimum Gasteiger partial charge on any atom is -0.488 e. The lowest BCUT2D eigenvalue weighted by Gasteiger charge is -2.13. The van der Waals surface area contributed by atoms with Crippen molar-refractivity contribution in [2.24, 2.45) is 0 Å². The van der Waals surface area contributed by atoms with Crippen LogP contribution in [-0.2, 0) is 9.05 Å². The molecule has 0 aromatic heterocycles. The van der Waals surface area contributed by atoms with E-state index >= 15 is 0 Å². The van der Waals surface area contributed by atoms with Crippen LogP contribution in [0.15, 0.2) is 29.2 Å². The maximum Gasteiger partial charge on any atom is 0.265 e. The summed E-state index contributed by atoms with van der Waals surface area (Å²) >= 11 is 0. The zero-order valence-corrected chi connectivity index (χ0v) is 11.7. The van der Waals surface area contributed by atoms with E-state index in [0.29, 0.717) is 5.75 Å². The fraction of sp³-hybridized carbons (Fsp3) is 0.333. The number of rotatable bonds is 4. The molecule has 5 heteroatoms. The summed E-state index contributed by atoms with van der Waals surface area (Å²) in [5.41, 5.74) is 2.37. The number of hydrogen-bond donors (Lipinski definition) is 0. The highest BCUT2D eigenvalue weighted by molar-refractivity contribution is 8.13. The van der Waals surface area contributed by atoms with E-state index in [-0.39, 0.29) is 11.5 Å². The Kier molecular flexibility index (Phi) is 4.22. The quantitative estimate of drug-likeness (QED) is 0.626. The number of benzene rings is 1. The Morgan fingerprint density at radius 1 is 1.41 bits per heavy atom. The summed E-state index contributed by atoms with van der Waals surface area (Å²) in [5, 5.41) is 0. The van der Waals surface area contributed by atoms with E-state index < -0.39 is 9.05 Å². The fourth-order valence-corrected chi connectivity index (χ4v) is 2.59. The summed E-state index contributed by atoms with van der Waals surface area (Å²) in [7, 11) is 1.58. The van der Waals surface area contributed by atoms with Crippen molar-refractivity contribution in [3.63, 3.8) is 0 Å². The number of aryl methyl sites for hydroxylation is 2. The Morgan fingerprint density at radius 3 is 2.47 bits per heavy atom. The SMILES string of the molecule is C=C(C)COc1c(C)cc(C)cc1S(=O)(=O)Cl. The highest BCUT2D eigenvalue weighted by Crippen LogP contribution is 2.31. The van der Waals surface area contributed by atoms with Gasteiger partial charge in [0.05, 0.1) is 0 Å². The Labute approximate surface area is 106 Å². The normalized spacial score (nSPS) is 11.3. The maximum atomic E-state index is 11.5. The van der Waals surface area contributed by atoms with Gasteiger partial charge in [-0.05, 0) is 43.5 Å². The zero-order valence-electron chi connectivity index (χ0n) is 10.1. The van der Waals surface area contributed by atoms with Crippen molar-refractivity contribution < 1.29 is 13.2 Å². The topological polar surface area (TPSA) is 43.4 Å². The van der Waals surface area contributed by atoms with Crippen molar-refractivity contribution in [2.45, 2.75) is 25.7 Å². The predicted octanol–water partition coefficient (Wildman–Crippen LogP) is 3.19. The van der Waals surface area contributed by atoms with Crippen LogP contribution in [0.25, 0.3) is 0 Å². The molecule has 17 heavy (non-hydrogen) atoms. The summed E-state index contributed by atoms with van der Waals surface area (Å²) in [5.74, 6) is 0.300. The van der Waals surface area contributed by atoms with Crippen LogP contribution in [0.2, 0.25) is 0 Å². The van der Waals surface area contributed by atoms with E-state index in [0.717, 1.165) is 16.7 Å². The average Bonchev–Trinajstić information content (AvgIpc) is 2.13. The Morgan fingerprint density at radius 2 is 2.00 bits per heavy atom. The van der Waals surface area contributed by atoms with Crippen molar-refractivity contribution in [1.29, 1.82) is 0 Å². The zero-order chi connectivity index (χ0) is 13.2. The third kappa shape index (κ3) is 3.75. The van der Waals surface area contributed by atoms with Crippen LogP contribution >= 0.6 is 10.7 Å². The third-order valence-corrected chi connectivity index (χ3v) is 3.44. The van der Waals surface area contributed by atoms with Crippen molar-refractivity contribution in [3.05, 3.63) is 35.4 Å². The van der Waals surface area contributed by atoms with E-state index in [1.54, 1.807) is 20.8 Å². The highest BCUT2D eigenvalue weighted by Gasteiger charge is 2.19. The van der Waals surface area contributed by atoms with E-state index in [9.17, 15) is 8.42 Å². The van der Waals surface area contributed by atoms with Crippen LogP contribution < -0.4 is 4.74 Å². The van der Waals surface area contributed by atoms with Crippen LogP contribution in [0.1, 0.15) is 18.1 Å². The van der Waals surface area contributed by atoms with Gasteiger partial charge < -0.3 is 4.74 Å². The van der Waals surface area contributed by atoms with Gasteiger partial charge in [-0.1, -0.05) is 12.6 Å². The first kappa shape index (κ1) is 14.1. The lowest BCUT2D eigenvalue weighted by atomic mass is 10.1. The minimum absolute atomic E-state index is 0.0120. The number of ether oxygens (including phenoxy) is 1. The molecule has 0 saturated carbocycles. The molecule has 0 bridgehead atoms. The van der Waals surface area contributed by atoms with E-state index in [4.69, 9.17) is 15.4 Å². The maximum absolute atomic E-state index is 11.5. The van der Waals surface area contributed by atoms with Gasteiger partial charge >= 0.3 is 0 Å². The monoisotopic (exact) mass is 274 g/mol. The molecule has 0 fully saturated rings. The first-order valence-electron chi connectivity index (χ1n) is 5.05. The molecule has 0 aliphatic carbocycles.